The lowest BCUT2D eigenvalue weighted by Crippen LogP contribution is -2.17. The second-order valence-electron chi connectivity index (χ2n) is 4.64. The monoisotopic (exact) mass is 237 g/mol. The van der Waals surface area contributed by atoms with Gasteiger partial charge < -0.3 is 5.21 Å². The maximum Gasteiger partial charge on any atom is 0.0871 e. The van der Waals surface area contributed by atoms with Crippen LogP contribution in [0.4, 0.5) is 0 Å². The molecule has 0 aliphatic heterocycles. The van der Waals surface area contributed by atoms with E-state index in [1.165, 1.54) is 11.1 Å². The minimum Gasteiger partial charge on any atom is -0.411 e. The molecule has 1 atom stereocenters. The van der Waals surface area contributed by atoms with Gasteiger partial charge in [0.2, 0.25) is 0 Å². The van der Waals surface area contributed by atoms with Crippen LogP contribution in [0.2, 0.25) is 0 Å². The summed E-state index contributed by atoms with van der Waals surface area (Å²) in [6.07, 6.45) is 1.83. The molecule has 2 nitrogen and oxygen atoms in total. The standard InChI is InChI=1S/C16H15NO/c18-17-16-11-10-13(12-6-2-1-3-7-12)14-8-4-5-9-15(14)16/h1-9,13,18H,10-11H2/t13-/m0/s1. The van der Waals surface area contributed by atoms with Crippen molar-refractivity contribution in [3.05, 3.63) is 71.3 Å². The number of oxime groups is 1. The number of hydrogen-bond donors (Lipinski definition) is 1. The highest BCUT2D eigenvalue weighted by Crippen LogP contribution is 2.36. The maximum absolute atomic E-state index is 9.08. The van der Waals surface area contributed by atoms with Crippen molar-refractivity contribution in [2.45, 2.75) is 18.8 Å². The third-order valence-electron chi connectivity index (χ3n) is 3.64. The summed E-state index contributed by atoms with van der Waals surface area (Å²) in [5, 5.41) is 12.5. The highest BCUT2D eigenvalue weighted by Gasteiger charge is 2.25. The molecule has 1 aliphatic carbocycles. The van der Waals surface area contributed by atoms with Crippen LogP contribution in [0, 0.1) is 0 Å². The average Bonchev–Trinajstić information content (AvgIpc) is 2.47. The van der Waals surface area contributed by atoms with E-state index in [-0.39, 0.29) is 0 Å². The molecular weight excluding hydrogens is 222 g/mol. The molecule has 2 aromatic carbocycles. The second-order valence-corrected chi connectivity index (χ2v) is 4.64. The van der Waals surface area contributed by atoms with Gasteiger partial charge in [0, 0.05) is 11.5 Å². The van der Waals surface area contributed by atoms with Crippen molar-refractivity contribution in [3.63, 3.8) is 0 Å². The summed E-state index contributed by atoms with van der Waals surface area (Å²) in [6, 6.07) is 18.8. The number of fused-ring (bicyclic) bond motifs is 1. The van der Waals surface area contributed by atoms with Crippen LogP contribution in [0.15, 0.2) is 59.8 Å². The average molecular weight is 237 g/mol. The Hall–Kier alpha value is -2.09. The molecule has 0 heterocycles. The van der Waals surface area contributed by atoms with Gasteiger partial charge in [0.1, 0.15) is 0 Å². The van der Waals surface area contributed by atoms with Crippen LogP contribution in [0.3, 0.4) is 0 Å². The van der Waals surface area contributed by atoms with Gasteiger partial charge in [-0.2, -0.15) is 0 Å². The van der Waals surface area contributed by atoms with E-state index >= 15 is 0 Å². The largest absolute Gasteiger partial charge is 0.411 e. The van der Waals surface area contributed by atoms with Crippen molar-refractivity contribution >= 4 is 5.71 Å². The Labute approximate surface area is 107 Å². The summed E-state index contributed by atoms with van der Waals surface area (Å²) >= 11 is 0. The molecule has 0 saturated heterocycles. The molecule has 0 radical (unpaired) electrons. The Morgan fingerprint density at radius 2 is 1.67 bits per heavy atom. The lowest BCUT2D eigenvalue weighted by molar-refractivity contribution is 0.317. The van der Waals surface area contributed by atoms with Crippen molar-refractivity contribution < 1.29 is 5.21 Å². The third kappa shape index (κ3) is 1.80. The first-order valence-electron chi connectivity index (χ1n) is 6.25. The van der Waals surface area contributed by atoms with Gasteiger partial charge in [-0.15, -0.1) is 0 Å². The van der Waals surface area contributed by atoms with E-state index < -0.39 is 0 Å². The van der Waals surface area contributed by atoms with E-state index in [9.17, 15) is 0 Å². The molecular formula is C16H15NO. The van der Waals surface area contributed by atoms with Gasteiger partial charge >= 0.3 is 0 Å². The lowest BCUT2D eigenvalue weighted by atomic mass is 9.78. The van der Waals surface area contributed by atoms with Crippen molar-refractivity contribution in [1.82, 2.24) is 0 Å². The Kier molecular flexibility index (Phi) is 2.85. The van der Waals surface area contributed by atoms with Crippen LogP contribution >= 0.6 is 0 Å². The fourth-order valence-electron chi connectivity index (χ4n) is 2.77. The van der Waals surface area contributed by atoms with E-state index in [0.717, 1.165) is 24.1 Å². The SMILES string of the molecule is ON=C1CC[C@@H](c2ccccc2)c2ccccc21. The van der Waals surface area contributed by atoms with Crippen LogP contribution in [0.25, 0.3) is 0 Å². The molecule has 0 unspecified atom stereocenters. The zero-order valence-electron chi connectivity index (χ0n) is 10.1. The summed E-state index contributed by atoms with van der Waals surface area (Å²) in [5.41, 5.74) is 4.49. The second kappa shape index (κ2) is 4.65. The topological polar surface area (TPSA) is 32.6 Å². The van der Waals surface area contributed by atoms with Gasteiger partial charge in [0.05, 0.1) is 5.71 Å². The number of nitrogens with zero attached hydrogens (tertiary/aromatic N) is 1. The van der Waals surface area contributed by atoms with Gasteiger partial charge in [-0.3, -0.25) is 0 Å². The molecule has 90 valence electrons. The number of hydrogen-bond acceptors (Lipinski definition) is 2. The fourth-order valence-corrected chi connectivity index (χ4v) is 2.77. The molecule has 0 saturated carbocycles. The summed E-state index contributed by atoms with van der Waals surface area (Å²) in [7, 11) is 0. The van der Waals surface area contributed by atoms with Crippen LogP contribution in [0.5, 0.6) is 0 Å². The molecule has 0 spiro atoms. The van der Waals surface area contributed by atoms with Crippen LogP contribution in [-0.2, 0) is 0 Å². The first-order chi connectivity index (χ1) is 8.90. The number of rotatable bonds is 1. The van der Waals surface area contributed by atoms with Crippen LogP contribution < -0.4 is 0 Å². The highest BCUT2D eigenvalue weighted by molar-refractivity contribution is 6.02. The smallest absolute Gasteiger partial charge is 0.0871 e. The maximum atomic E-state index is 9.08. The normalized spacial score (nSPS) is 20.7. The lowest BCUT2D eigenvalue weighted by Gasteiger charge is -2.26. The van der Waals surface area contributed by atoms with Crippen molar-refractivity contribution in [3.8, 4) is 0 Å². The molecule has 1 N–H and O–H groups in total. The molecule has 2 heteroatoms. The summed E-state index contributed by atoms with van der Waals surface area (Å²) in [4.78, 5) is 0. The van der Waals surface area contributed by atoms with Crippen LogP contribution in [-0.4, -0.2) is 10.9 Å². The van der Waals surface area contributed by atoms with Crippen molar-refractivity contribution in [2.24, 2.45) is 5.16 Å². The van der Waals surface area contributed by atoms with E-state index in [4.69, 9.17) is 5.21 Å². The van der Waals surface area contributed by atoms with Gasteiger partial charge in [0.25, 0.3) is 0 Å². The molecule has 1 aliphatic rings. The first-order valence-corrected chi connectivity index (χ1v) is 6.25. The molecule has 0 amide bonds. The first kappa shape index (κ1) is 11.0. The predicted octanol–water partition coefficient (Wildman–Crippen LogP) is 3.79. The molecule has 3 rings (SSSR count). The Balaban J connectivity index is 2.10. The quantitative estimate of drug-likeness (QED) is 0.594. The van der Waals surface area contributed by atoms with Crippen molar-refractivity contribution in [2.75, 3.05) is 0 Å². The van der Waals surface area contributed by atoms with E-state index in [1.807, 2.05) is 18.2 Å². The third-order valence-corrected chi connectivity index (χ3v) is 3.64. The van der Waals surface area contributed by atoms with Crippen molar-refractivity contribution in [1.29, 1.82) is 0 Å². The molecule has 0 aromatic heterocycles. The van der Waals surface area contributed by atoms with E-state index in [0.29, 0.717) is 5.92 Å². The van der Waals surface area contributed by atoms with Gasteiger partial charge in [-0.25, -0.2) is 0 Å². The zero-order valence-corrected chi connectivity index (χ0v) is 10.1. The zero-order chi connectivity index (χ0) is 12.4. The van der Waals surface area contributed by atoms with Crippen LogP contribution in [0.1, 0.15) is 35.4 Å². The molecule has 2 aromatic rings. The highest BCUT2D eigenvalue weighted by atomic mass is 16.4. The predicted molar refractivity (Wildman–Crippen MR) is 72.3 cm³/mol. The van der Waals surface area contributed by atoms with Gasteiger partial charge in [0.15, 0.2) is 0 Å². The summed E-state index contributed by atoms with van der Waals surface area (Å²) in [6.45, 7) is 0. The number of benzene rings is 2. The fraction of sp³-hybridized carbons (Fsp3) is 0.188. The van der Waals surface area contributed by atoms with Gasteiger partial charge in [-0.05, 0) is 24.0 Å². The Morgan fingerprint density at radius 1 is 0.944 bits per heavy atom. The summed E-state index contributed by atoms with van der Waals surface area (Å²) < 4.78 is 0. The molecule has 18 heavy (non-hydrogen) atoms. The minimum atomic E-state index is 0.410. The molecule has 0 bridgehead atoms. The Morgan fingerprint density at radius 3 is 2.44 bits per heavy atom. The molecule has 0 fully saturated rings. The minimum absolute atomic E-state index is 0.410. The van der Waals surface area contributed by atoms with E-state index in [1.54, 1.807) is 0 Å². The Bertz CT molecular complexity index is 575. The van der Waals surface area contributed by atoms with Gasteiger partial charge in [-0.1, -0.05) is 59.8 Å². The van der Waals surface area contributed by atoms with E-state index in [2.05, 4.69) is 41.6 Å². The summed E-state index contributed by atoms with van der Waals surface area (Å²) in [5.74, 6) is 0.410.